The van der Waals surface area contributed by atoms with Crippen molar-refractivity contribution in [3.8, 4) is 5.75 Å². The van der Waals surface area contributed by atoms with Crippen molar-refractivity contribution in [2.75, 3.05) is 5.32 Å². The Morgan fingerprint density at radius 1 is 1.33 bits per heavy atom. The van der Waals surface area contributed by atoms with Crippen LogP contribution < -0.4 is 11.1 Å². The van der Waals surface area contributed by atoms with Gasteiger partial charge in [-0.2, -0.15) is 0 Å². The maximum absolute atomic E-state index is 12.9. The zero-order valence-electron chi connectivity index (χ0n) is 12.4. The summed E-state index contributed by atoms with van der Waals surface area (Å²) < 4.78 is 30.9. The number of benzene rings is 1. The van der Waals surface area contributed by atoms with Gasteiger partial charge in [-0.25, -0.2) is 13.6 Å². The van der Waals surface area contributed by atoms with Gasteiger partial charge in [0.2, 0.25) is 0 Å². The number of rotatable bonds is 3. The maximum Gasteiger partial charge on any atom is 0.412 e. The molecule has 4 N–H and O–H groups in total. The van der Waals surface area contributed by atoms with Crippen molar-refractivity contribution in [1.82, 2.24) is 0 Å². The zero-order chi connectivity index (χ0) is 16.4. The van der Waals surface area contributed by atoms with Crippen molar-refractivity contribution >= 4 is 11.8 Å². The molecule has 7 heteroatoms. The number of alkyl halides is 2. The Morgan fingerprint density at radius 2 is 1.90 bits per heavy atom. The van der Waals surface area contributed by atoms with Gasteiger partial charge in [0.15, 0.2) is 0 Å². The first-order chi connectivity index (χ1) is 9.43. The van der Waals surface area contributed by atoms with Gasteiger partial charge in [0.25, 0.3) is 6.43 Å². The minimum atomic E-state index is -2.87. The van der Waals surface area contributed by atoms with E-state index in [2.05, 4.69) is 5.32 Å². The van der Waals surface area contributed by atoms with E-state index in [0.717, 1.165) is 6.92 Å². The third-order valence-electron chi connectivity index (χ3n) is 2.68. The summed E-state index contributed by atoms with van der Waals surface area (Å²) in [6.45, 7) is 6.19. The monoisotopic (exact) mass is 302 g/mol. The van der Waals surface area contributed by atoms with Crippen LogP contribution in [0.2, 0.25) is 0 Å². The van der Waals surface area contributed by atoms with Gasteiger partial charge in [0.1, 0.15) is 16.9 Å². The van der Waals surface area contributed by atoms with Gasteiger partial charge in [0, 0.05) is 11.3 Å². The molecule has 1 aromatic rings. The van der Waals surface area contributed by atoms with Gasteiger partial charge in [0.05, 0.1) is 0 Å². The molecule has 21 heavy (non-hydrogen) atoms. The molecular weight excluding hydrogens is 282 g/mol. The Hall–Kier alpha value is -1.89. The van der Waals surface area contributed by atoms with Crippen molar-refractivity contribution in [3.63, 3.8) is 0 Å². The van der Waals surface area contributed by atoms with Crippen LogP contribution in [0.1, 0.15) is 33.3 Å². The Morgan fingerprint density at radius 3 is 2.38 bits per heavy atom. The summed E-state index contributed by atoms with van der Waals surface area (Å²) in [5.74, 6) is -0.366. The molecule has 118 valence electrons. The van der Waals surface area contributed by atoms with Gasteiger partial charge < -0.3 is 15.6 Å². The van der Waals surface area contributed by atoms with E-state index in [0.29, 0.717) is 0 Å². The first-order valence-corrected chi connectivity index (χ1v) is 6.34. The van der Waals surface area contributed by atoms with Gasteiger partial charge in [-0.05, 0) is 45.9 Å². The molecule has 0 heterocycles. The molecule has 0 bridgehead atoms. The Labute approximate surface area is 122 Å². The second kappa shape index (κ2) is 5.85. The first kappa shape index (κ1) is 17.2. The molecule has 0 aliphatic carbocycles. The third-order valence-corrected chi connectivity index (χ3v) is 2.68. The lowest BCUT2D eigenvalue weighted by atomic mass is 9.92. The molecule has 1 amide bonds. The fourth-order valence-corrected chi connectivity index (χ4v) is 1.58. The minimum absolute atomic E-state index is 0.161. The van der Waals surface area contributed by atoms with Crippen molar-refractivity contribution in [1.29, 1.82) is 0 Å². The SMILES string of the molecule is CC(C)(C)OC(=O)Nc1ccc(O)c(C(C)(N)C(F)F)c1. The van der Waals surface area contributed by atoms with E-state index in [9.17, 15) is 18.7 Å². The number of phenolic OH excluding ortho intramolecular Hbond substituents is 1. The number of nitrogens with one attached hydrogen (secondary N) is 1. The molecule has 0 aromatic heterocycles. The van der Waals surface area contributed by atoms with E-state index >= 15 is 0 Å². The number of amides is 1. The number of carbonyl (C=O) groups excluding carboxylic acids is 1. The van der Waals surface area contributed by atoms with Crippen LogP contribution in [0.3, 0.4) is 0 Å². The van der Waals surface area contributed by atoms with Crippen LogP contribution in [0.15, 0.2) is 18.2 Å². The number of aromatic hydroxyl groups is 1. The number of hydrogen-bond acceptors (Lipinski definition) is 4. The van der Waals surface area contributed by atoms with E-state index in [1.54, 1.807) is 20.8 Å². The minimum Gasteiger partial charge on any atom is -0.508 e. The number of halogens is 2. The molecule has 1 aromatic carbocycles. The van der Waals surface area contributed by atoms with Gasteiger partial charge in [-0.3, -0.25) is 5.32 Å². The molecule has 0 saturated heterocycles. The second-order valence-corrected chi connectivity index (χ2v) is 5.94. The fourth-order valence-electron chi connectivity index (χ4n) is 1.58. The summed E-state index contributed by atoms with van der Waals surface area (Å²) in [7, 11) is 0. The summed E-state index contributed by atoms with van der Waals surface area (Å²) in [4.78, 5) is 11.6. The number of hydrogen-bond donors (Lipinski definition) is 3. The predicted octanol–water partition coefficient (Wildman–Crippen LogP) is 3.18. The smallest absolute Gasteiger partial charge is 0.412 e. The highest BCUT2D eigenvalue weighted by molar-refractivity contribution is 5.85. The van der Waals surface area contributed by atoms with Gasteiger partial charge in [-0.15, -0.1) is 0 Å². The van der Waals surface area contributed by atoms with Crippen LogP contribution in [0.25, 0.3) is 0 Å². The topological polar surface area (TPSA) is 84.6 Å². The van der Waals surface area contributed by atoms with Crippen LogP contribution in [0.4, 0.5) is 19.3 Å². The highest BCUT2D eigenvalue weighted by atomic mass is 19.3. The lowest BCUT2D eigenvalue weighted by molar-refractivity contribution is 0.0611. The molecule has 0 fully saturated rings. The number of ether oxygens (including phenoxy) is 1. The summed E-state index contributed by atoms with van der Waals surface area (Å²) >= 11 is 0. The second-order valence-electron chi connectivity index (χ2n) is 5.94. The van der Waals surface area contributed by atoms with Crippen LogP contribution in [0, 0.1) is 0 Å². The average Bonchev–Trinajstić information content (AvgIpc) is 2.28. The first-order valence-electron chi connectivity index (χ1n) is 6.34. The fraction of sp³-hybridized carbons (Fsp3) is 0.500. The molecule has 0 aliphatic rings. The van der Waals surface area contributed by atoms with Crippen molar-refractivity contribution in [2.45, 2.75) is 45.3 Å². The summed E-state index contributed by atoms with van der Waals surface area (Å²) in [6, 6.07) is 3.76. The summed E-state index contributed by atoms with van der Waals surface area (Å²) in [5.41, 5.74) is 2.85. The van der Waals surface area contributed by atoms with Crippen LogP contribution in [0.5, 0.6) is 5.75 Å². The molecule has 0 radical (unpaired) electrons. The van der Waals surface area contributed by atoms with Crippen molar-refractivity contribution in [2.24, 2.45) is 5.73 Å². The Balaban J connectivity index is 3.00. The van der Waals surface area contributed by atoms with E-state index in [1.807, 2.05) is 0 Å². The molecule has 0 spiro atoms. The molecule has 0 saturated carbocycles. The molecular formula is C14H20F2N2O3. The highest BCUT2D eigenvalue weighted by Crippen LogP contribution is 2.34. The number of nitrogens with two attached hydrogens (primary N) is 1. The normalized spacial score (nSPS) is 14.7. The molecule has 1 unspecified atom stereocenters. The van der Waals surface area contributed by atoms with Gasteiger partial charge in [-0.1, -0.05) is 0 Å². The number of carbonyl (C=O) groups is 1. The quantitative estimate of drug-likeness (QED) is 0.749. The lowest BCUT2D eigenvalue weighted by Crippen LogP contribution is -2.40. The molecule has 1 rings (SSSR count). The Kier molecular flexibility index (Phi) is 4.78. The highest BCUT2D eigenvalue weighted by Gasteiger charge is 2.35. The van der Waals surface area contributed by atoms with Crippen molar-refractivity contribution < 1.29 is 23.4 Å². The lowest BCUT2D eigenvalue weighted by Gasteiger charge is -2.25. The van der Waals surface area contributed by atoms with Crippen LogP contribution >= 0.6 is 0 Å². The van der Waals surface area contributed by atoms with Crippen LogP contribution in [-0.2, 0) is 10.3 Å². The molecule has 0 aliphatic heterocycles. The van der Waals surface area contributed by atoms with Gasteiger partial charge >= 0.3 is 6.09 Å². The Bertz CT molecular complexity index is 525. The van der Waals surface area contributed by atoms with Crippen LogP contribution in [-0.4, -0.2) is 23.2 Å². The van der Waals surface area contributed by atoms with E-state index < -0.39 is 23.7 Å². The van der Waals surface area contributed by atoms with Crippen molar-refractivity contribution in [3.05, 3.63) is 23.8 Å². The zero-order valence-corrected chi connectivity index (χ0v) is 12.4. The third kappa shape index (κ3) is 4.56. The summed E-state index contributed by atoms with van der Waals surface area (Å²) in [5, 5.41) is 12.1. The van der Waals surface area contributed by atoms with E-state index in [-0.39, 0.29) is 17.0 Å². The standard InChI is InChI=1S/C14H20F2N2O3/c1-13(2,3)21-12(20)18-8-5-6-10(19)9(7-8)14(4,17)11(15)16/h5-7,11,19H,17H2,1-4H3,(H,18,20). The maximum atomic E-state index is 12.9. The number of anilines is 1. The van der Waals surface area contributed by atoms with E-state index in [1.165, 1.54) is 18.2 Å². The average molecular weight is 302 g/mol. The largest absolute Gasteiger partial charge is 0.508 e. The predicted molar refractivity (Wildman–Crippen MR) is 75.5 cm³/mol. The molecule has 1 atom stereocenters. The number of phenols is 1. The summed E-state index contributed by atoms with van der Waals surface area (Å²) in [6.07, 6.45) is -3.60. The van der Waals surface area contributed by atoms with E-state index in [4.69, 9.17) is 10.5 Å². The molecule has 5 nitrogen and oxygen atoms in total.